The Balaban J connectivity index is 1.35. The molecule has 0 saturated carbocycles. The van der Waals surface area contributed by atoms with Crippen LogP contribution in [0.1, 0.15) is 66.6 Å². The Morgan fingerprint density at radius 1 is 0.829 bits per heavy atom. The number of nitrogens with zero attached hydrogens (tertiary/aromatic N) is 1. The van der Waals surface area contributed by atoms with Crippen molar-refractivity contribution in [1.29, 1.82) is 0 Å². The number of benzene rings is 3. The Labute approximate surface area is 239 Å². The van der Waals surface area contributed by atoms with Crippen LogP contribution in [-0.4, -0.2) is 21.8 Å². The molecule has 0 fully saturated rings. The lowest BCUT2D eigenvalue weighted by Gasteiger charge is -2.17. The lowest BCUT2D eigenvalue weighted by molar-refractivity contribution is -0.137. The maximum atomic E-state index is 13.3. The molecule has 1 heterocycles. The van der Waals surface area contributed by atoms with Crippen molar-refractivity contribution < 1.29 is 19.1 Å². The minimum Gasteiger partial charge on any atom is -0.481 e. The first-order chi connectivity index (χ1) is 20.0. The second-order valence-electron chi connectivity index (χ2n) is 10.4. The maximum Gasteiger partial charge on any atom is 0.303 e. The number of halogens is 1. The summed E-state index contributed by atoms with van der Waals surface area (Å²) in [5.74, 6) is -1.30. The Kier molecular flexibility index (Phi) is 8.99. The number of carbonyl (C=O) groups is 2. The van der Waals surface area contributed by atoms with E-state index in [9.17, 15) is 14.0 Å². The number of hydrogen-bond donors (Lipinski definition) is 2. The Morgan fingerprint density at radius 3 is 2.20 bits per heavy atom. The van der Waals surface area contributed by atoms with E-state index < -0.39 is 5.97 Å². The summed E-state index contributed by atoms with van der Waals surface area (Å²) < 4.78 is 13.3. The molecular formula is C35H33FN2O3. The molecule has 0 unspecified atom stereocenters. The summed E-state index contributed by atoms with van der Waals surface area (Å²) in [4.78, 5) is 27.7. The molecular weight excluding hydrogens is 515 g/mol. The van der Waals surface area contributed by atoms with Crippen molar-refractivity contribution in [3.63, 3.8) is 0 Å². The minimum atomic E-state index is -0.904. The van der Waals surface area contributed by atoms with Crippen LogP contribution < -0.4 is 5.32 Å². The molecule has 208 valence electrons. The highest BCUT2D eigenvalue weighted by atomic mass is 19.1. The van der Waals surface area contributed by atoms with Crippen molar-refractivity contribution in [3.8, 4) is 22.3 Å². The molecule has 0 aliphatic heterocycles. The first-order valence-electron chi connectivity index (χ1n) is 14.1. The van der Waals surface area contributed by atoms with Crippen molar-refractivity contribution in [2.45, 2.75) is 51.5 Å². The molecule has 2 N–H and O–H groups in total. The smallest absolute Gasteiger partial charge is 0.303 e. The van der Waals surface area contributed by atoms with Gasteiger partial charge < -0.3 is 10.4 Å². The highest BCUT2D eigenvalue weighted by Crippen LogP contribution is 2.32. The summed E-state index contributed by atoms with van der Waals surface area (Å²) in [6.07, 6.45) is 9.09. The average Bonchev–Trinajstić information content (AvgIpc) is 3.01. The van der Waals surface area contributed by atoms with Crippen molar-refractivity contribution >= 4 is 23.0 Å². The number of allylic oxidation sites excluding steroid dienone is 2. The third-order valence-corrected chi connectivity index (χ3v) is 7.47. The Morgan fingerprint density at radius 2 is 1.54 bits per heavy atom. The molecule has 0 atom stereocenters. The van der Waals surface area contributed by atoms with Crippen LogP contribution in [0.5, 0.6) is 0 Å². The monoisotopic (exact) mass is 548 g/mol. The van der Waals surface area contributed by atoms with Crippen molar-refractivity contribution in [3.05, 3.63) is 114 Å². The highest BCUT2D eigenvalue weighted by molar-refractivity contribution is 5.94. The van der Waals surface area contributed by atoms with Crippen LogP contribution in [0, 0.1) is 5.82 Å². The first kappa shape index (κ1) is 28.0. The van der Waals surface area contributed by atoms with E-state index in [-0.39, 0.29) is 24.4 Å². The van der Waals surface area contributed by atoms with Gasteiger partial charge in [0.15, 0.2) is 5.78 Å². The quantitative estimate of drug-likeness (QED) is 0.184. The molecule has 0 saturated heterocycles. The van der Waals surface area contributed by atoms with Crippen LogP contribution in [0.3, 0.4) is 0 Å². The number of carbonyl (C=O) groups excluding carboxylic acids is 1. The molecule has 1 aromatic heterocycles. The van der Waals surface area contributed by atoms with Gasteiger partial charge in [0.25, 0.3) is 0 Å². The average molecular weight is 549 g/mol. The Bertz CT molecular complexity index is 1540. The lowest BCUT2D eigenvalue weighted by Crippen LogP contribution is -2.05. The predicted molar refractivity (Wildman–Crippen MR) is 161 cm³/mol. The highest BCUT2D eigenvalue weighted by Gasteiger charge is 2.14. The van der Waals surface area contributed by atoms with Crippen LogP contribution in [-0.2, 0) is 11.3 Å². The first-order valence-corrected chi connectivity index (χ1v) is 14.1. The van der Waals surface area contributed by atoms with Crippen molar-refractivity contribution in [2.75, 3.05) is 5.32 Å². The number of hydrogen-bond acceptors (Lipinski definition) is 4. The van der Waals surface area contributed by atoms with Crippen LogP contribution in [0.15, 0.2) is 91.1 Å². The predicted octanol–water partition coefficient (Wildman–Crippen LogP) is 8.56. The van der Waals surface area contributed by atoms with Gasteiger partial charge in [-0.15, -0.1) is 0 Å². The van der Waals surface area contributed by atoms with E-state index in [2.05, 4.69) is 34.6 Å². The van der Waals surface area contributed by atoms with Crippen LogP contribution in [0.4, 0.5) is 10.1 Å². The number of Topliss-reactive ketones (excluding diaryl/α,β-unsaturated/α-hetero) is 1. The second kappa shape index (κ2) is 13.2. The maximum absolute atomic E-state index is 13.3. The fraction of sp³-hybridized carbons (Fsp3) is 0.229. The van der Waals surface area contributed by atoms with E-state index in [4.69, 9.17) is 5.11 Å². The molecule has 0 radical (unpaired) electrons. The topological polar surface area (TPSA) is 79.3 Å². The van der Waals surface area contributed by atoms with E-state index in [1.165, 1.54) is 36.1 Å². The van der Waals surface area contributed by atoms with Gasteiger partial charge in [-0.05, 0) is 102 Å². The zero-order valence-electron chi connectivity index (χ0n) is 22.9. The minimum absolute atomic E-state index is 0.0300. The summed E-state index contributed by atoms with van der Waals surface area (Å²) in [6, 6.07) is 24.8. The van der Waals surface area contributed by atoms with Gasteiger partial charge in [-0.3, -0.25) is 14.6 Å². The molecule has 1 aliphatic rings. The van der Waals surface area contributed by atoms with E-state index in [0.29, 0.717) is 18.7 Å². The van der Waals surface area contributed by atoms with Crippen molar-refractivity contribution in [1.82, 2.24) is 4.98 Å². The zero-order valence-corrected chi connectivity index (χ0v) is 22.9. The van der Waals surface area contributed by atoms with Gasteiger partial charge in [0.1, 0.15) is 11.5 Å². The molecule has 4 aromatic rings. The zero-order chi connectivity index (χ0) is 28.6. The van der Waals surface area contributed by atoms with E-state index in [0.717, 1.165) is 46.3 Å². The second-order valence-corrected chi connectivity index (χ2v) is 10.4. The fourth-order valence-electron chi connectivity index (χ4n) is 5.17. The fourth-order valence-corrected chi connectivity index (χ4v) is 5.17. The number of carboxylic acid groups (broad SMARTS) is 1. The molecule has 6 heteroatoms. The van der Waals surface area contributed by atoms with Gasteiger partial charge in [0.05, 0.1) is 0 Å². The van der Waals surface area contributed by atoms with Gasteiger partial charge in [0, 0.05) is 36.8 Å². The van der Waals surface area contributed by atoms with E-state index in [1.807, 2.05) is 30.3 Å². The summed E-state index contributed by atoms with van der Waals surface area (Å²) in [6.45, 7) is 0.598. The largest absolute Gasteiger partial charge is 0.481 e. The van der Waals surface area contributed by atoms with Crippen LogP contribution in [0.25, 0.3) is 27.8 Å². The lowest BCUT2D eigenvalue weighted by atomic mass is 9.90. The standard InChI is InChI=1S/C35H33FN2O3/c36-30-16-11-25(12-17-30)26-13-18-31(19-14-26)37-22-28-10-9-27(24-5-2-1-3-6-24)21-32(28)29-15-20-33(38-23-29)34(39)7-4-8-35(40)41/h5,9-21,23,37H,1-4,6-8,22H2,(H,40,41). The summed E-state index contributed by atoms with van der Waals surface area (Å²) in [5, 5.41) is 12.4. The van der Waals surface area contributed by atoms with Gasteiger partial charge in [0.2, 0.25) is 0 Å². The van der Waals surface area contributed by atoms with Gasteiger partial charge in [-0.25, -0.2) is 4.39 Å². The number of anilines is 1. The Hall–Kier alpha value is -4.58. The third-order valence-electron chi connectivity index (χ3n) is 7.47. The van der Waals surface area contributed by atoms with E-state index in [1.54, 1.807) is 24.4 Å². The molecule has 0 bridgehead atoms. The number of ketones is 1. The normalized spacial score (nSPS) is 13.0. The number of carboxylic acids is 1. The summed E-state index contributed by atoms with van der Waals surface area (Å²) in [7, 11) is 0. The molecule has 41 heavy (non-hydrogen) atoms. The van der Waals surface area contributed by atoms with Crippen LogP contribution in [0.2, 0.25) is 0 Å². The third kappa shape index (κ3) is 7.34. The number of aliphatic carboxylic acids is 1. The number of nitrogens with one attached hydrogen (secondary N) is 1. The molecule has 3 aromatic carbocycles. The molecule has 0 amide bonds. The van der Waals surface area contributed by atoms with E-state index >= 15 is 0 Å². The van der Waals surface area contributed by atoms with Gasteiger partial charge in [-0.2, -0.15) is 0 Å². The number of rotatable bonds is 11. The summed E-state index contributed by atoms with van der Waals surface area (Å²) in [5.41, 5.74) is 8.97. The van der Waals surface area contributed by atoms with Gasteiger partial charge >= 0.3 is 5.97 Å². The SMILES string of the molecule is O=C(O)CCCC(=O)c1ccc(-c2cc(C3=CCCCC3)ccc2CNc2ccc(-c3ccc(F)cc3)cc2)cn1. The van der Waals surface area contributed by atoms with Crippen LogP contribution >= 0.6 is 0 Å². The number of aromatic nitrogens is 1. The summed E-state index contributed by atoms with van der Waals surface area (Å²) >= 11 is 0. The van der Waals surface area contributed by atoms with Gasteiger partial charge in [-0.1, -0.05) is 48.5 Å². The molecule has 1 aliphatic carbocycles. The molecule has 5 rings (SSSR count). The van der Waals surface area contributed by atoms with Crippen molar-refractivity contribution in [2.24, 2.45) is 0 Å². The molecule has 0 spiro atoms. The molecule has 5 nitrogen and oxygen atoms in total. The number of pyridine rings is 1.